The van der Waals surface area contributed by atoms with Crippen LogP contribution >= 0.6 is 15.9 Å². The molecule has 0 aromatic heterocycles. The third kappa shape index (κ3) is 3.94. The fourth-order valence-electron chi connectivity index (χ4n) is 2.65. The molecule has 19 heavy (non-hydrogen) atoms. The van der Waals surface area contributed by atoms with Crippen molar-refractivity contribution in [3.8, 4) is 5.75 Å². The van der Waals surface area contributed by atoms with E-state index in [0.29, 0.717) is 6.04 Å². The van der Waals surface area contributed by atoms with Crippen LogP contribution in [0.5, 0.6) is 5.75 Å². The minimum atomic E-state index is 0.665. The van der Waals surface area contributed by atoms with Crippen LogP contribution in [0.15, 0.2) is 22.7 Å². The van der Waals surface area contributed by atoms with Gasteiger partial charge < -0.3 is 10.1 Å². The summed E-state index contributed by atoms with van der Waals surface area (Å²) in [5.41, 5.74) is 1.31. The van der Waals surface area contributed by atoms with Gasteiger partial charge in [-0.05, 0) is 49.7 Å². The van der Waals surface area contributed by atoms with Crippen LogP contribution in [-0.4, -0.2) is 37.7 Å². The van der Waals surface area contributed by atoms with E-state index in [9.17, 15) is 0 Å². The minimum absolute atomic E-state index is 0.665. The first-order valence-electron chi connectivity index (χ1n) is 7.01. The molecule has 4 heteroatoms. The number of benzene rings is 1. The van der Waals surface area contributed by atoms with Gasteiger partial charge in [0.15, 0.2) is 0 Å². The standard InChI is InChI=1S/C15H23BrN2O/c1-3-8-18(13-6-7-17-10-13)11-12-9-14(19-2)4-5-15(12)16/h4-5,9,13,17H,3,6-8,10-11H2,1-2H3. The van der Waals surface area contributed by atoms with E-state index in [0.717, 1.165) is 31.9 Å². The molecule has 0 spiro atoms. The van der Waals surface area contributed by atoms with Crippen molar-refractivity contribution in [2.75, 3.05) is 26.7 Å². The van der Waals surface area contributed by atoms with E-state index in [-0.39, 0.29) is 0 Å². The lowest BCUT2D eigenvalue weighted by atomic mass is 10.1. The van der Waals surface area contributed by atoms with Crippen LogP contribution in [0, 0.1) is 0 Å². The molecule has 1 aromatic rings. The second kappa shape index (κ2) is 7.27. The van der Waals surface area contributed by atoms with Gasteiger partial charge in [0.2, 0.25) is 0 Å². The third-order valence-corrected chi connectivity index (χ3v) is 4.46. The smallest absolute Gasteiger partial charge is 0.119 e. The fourth-order valence-corrected chi connectivity index (χ4v) is 3.02. The summed E-state index contributed by atoms with van der Waals surface area (Å²) in [6.45, 7) is 6.63. The van der Waals surface area contributed by atoms with E-state index in [4.69, 9.17) is 4.74 Å². The van der Waals surface area contributed by atoms with Gasteiger partial charge in [-0.15, -0.1) is 0 Å². The van der Waals surface area contributed by atoms with Crippen molar-refractivity contribution in [1.82, 2.24) is 10.2 Å². The molecule has 0 aliphatic carbocycles. The molecule has 1 heterocycles. The summed E-state index contributed by atoms with van der Waals surface area (Å²) in [6.07, 6.45) is 2.44. The molecular formula is C15H23BrN2O. The van der Waals surface area contributed by atoms with Crippen LogP contribution in [0.1, 0.15) is 25.3 Å². The van der Waals surface area contributed by atoms with Gasteiger partial charge in [-0.1, -0.05) is 22.9 Å². The van der Waals surface area contributed by atoms with Crippen molar-refractivity contribution >= 4 is 15.9 Å². The highest BCUT2D eigenvalue weighted by molar-refractivity contribution is 9.10. The molecule has 3 nitrogen and oxygen atoms in total. The first-order valence-corrected chi connectivity index (χ1v) is 7.81. The van der Waals surface area contributed by atoms with Crippen molar-refractivity contribution in [1.29, 1.82) is 0 Å². The Balaban J connectivity index is 2.11. The van der Waals surface area contributed by atoms with Gasteiger partial charge in [-0.2, -0.15) is 0 Å². The number of nitrogens with zero attached hydrogens (tertiary/aromatic N) is 1. The Morgan fingerprint density at radius 1 is 1.47 bits per heavy atom. The molecule has 0 saturated carbocycles. The highest BCUT2D eigenvalue weighted by atomic mass is 79.9. The van der Waals surface area contributed by atoms with E-state index in [1.54, 1.807) is 7.11 Å². The second-order valence-electron chi connectivity index (χ2n) is 5.07. The first kappa shape index (κ1) is 14.8. The highest BCUT2D eigenvalue weighted by Gasteiger charge is 2.22. The average Bonchev–Trinajstić information content (AvgIpc) is 2.94. The zero-order valence-corrected chi connectivity index (χ0v) is 13.4. The van der Waals surface area contributed by atoms with Crippen LogP contribution in [0.4, 0.5) is 0 Å². The number of nitrogens with one attached hydrogen (secondary N) is 1. The summed E-state index contributed by atoms with van der Waals surface area (Å²) < 4.78 is 6.49. The molecule has 2 rings (SSSR count). The lowest BCUT2D eigenvalue weighted by molar-refractivity contribution is 0.199. The topological polar surface area (TPSA) is 24.5 Å². The van der Waals surface area contributed by atoms with Crippen molar-refractivity contribution in [3.63, 3.8) is 0 Å². The summed E-state index contributed by atoms with van der Waals surface area (Å²) in [5, 5.41) is 3.46. The predicted molar refractivity (Wildman–Crippen MR) is 82.7 cm³/mol. The van der Waals surface area contributed by atoms with Crippen molar-refractivity contribution in [2.24, 2.45) is 0 Å². The van der Waals surface area contributed by atoms with Crippen LogP contribution in [0.2, 0.25) is 0 Å². The number of methoxy groups -OCH3 is 1. The molecule has 1 atom stereocenters. The Morgan fingerprint density at radius 2 is 2.32 bits per heavy atom. The largest absolute Gasteiger partial charge is 0.497 e. The molecule has 1 fully saturated rings. The lowest BCUT2D eigenvalue weighted by Gasteiger charge is -2.28. The zero-order valence-electron chi connectivity index (χ0n) is 11.8. The van der Waals surface area contributed by atoms with Crippen molar-refractivity contribution in [2.45, 2.75) is 32.4 Å². The fraction of sp³-hybridized carbons (Fsp3) is 0.600. The first-order chi connectivity index (χ1) is 9.24. The van der Waals surface area contributed by atoms with Gasteiger partial charge in [0.1, 0.15) is 5.75 Å². The van der Waals surface area contributed by atoms with E-state index < -0.39 is 0 Å². The van der Waals surface area contributed by atoms with Gasteiger partial charge in [0.05, 0.1) is 7.11 Å². The number of hydrogen-bond acceptors (Lipinski definition) is 3. The molecule has 1 aliphatic heterocycles. The van der Waals surface area contributed by atoms with Crippen LogP contribution < -0.4 is 10.1 Å². The highest BCUT2D eigenvalue weighted by Crippen LogP contribution is 2.25. The second-order valence-corrected chi connectivity index (χ2v) is 5.93. The van der Waals surface area contributed by atoms with E-state index in [2.05, 4.69) is 45.2 Å². The van der Waals surface area contributed by atoms with E-state index in [1.165, 1.54) is 22.9 Å². The van der Waals surface area contributed by atoms with Gasteiger partial charge in [0.25, 0.3) is 0 Å². The Labute approximate surface area is 124 Å². The summed E-state index contributed by atoms with van der Waals surface area (Å²) in [7, 11) is 1.72. The predicted octanol–water partition coefficient (Wildman–Crippen LogP) is 3.03. The Bertz CT molecular complexity index is 405. The normalized spacial score (nSPS) is 19.1. The summed E-state index contributed by atoms with van der Waals surface area (Å²) >= 11 is 3.65. The molecule has 1 N–H and O–H groups in total. The van der Waals surface area contributed by atoms with E-state index >= 15 is 0 Å². The lowest BCUT2D eigenvalue weighted by Crippen LogP contribution is -2.37. The van der Waals surface area contributed by atoms with E-state index in [1.807, 2.05) is 6.07 Å². The maximum absolute atomic E-state index is 5.33. The zero-order chi connectivity index (χ0) is 13.7. The van der Waals surface area contributed by atoms with Crippen LogP contribution in [0.3, 0.4) is 0 Å². The molecule has 0 bridgehead atoms. The van der Waals surface area contributed by atoms with Crippen LogP contribution in [-0.2, 0) is 6.54 Å². The van der Waals surface area contributed by atoms with Gasteiger partial charge in [0, 0.05) is 23.6 Å². The quantitative estimate of drug-likeness (QED) is 0.869. The van der Waals surface area contributed by atoms with Crippen LogP contribution in [0.25, 0.3) is 0 Å². The maximum atomic E-state index is 5.33. The molecule has 106 valence electrons. The number of ether oxygens (including phenoxy) is 1. The molecule has 1 aliphatic rings. The molecular weight excluding hydrogens is 304 g/mol. The third-order valence-electron chi connectivity index (χ3n) is 3.69. The Kier molecular flexibility index (Phi) is 5.67. The number of halogens is 1. The summed E-state index contributed by atoms with van der Waals surface area (Å²) in [4.78, 5) is 2.58. The molecule has 0 amide bonds. The molecule has 1 unspecified atom stereocenters. The maximum Gasteiger partial charge on any atom is 0.119 e. The summed E-state index contributed by atoms with van der Waals surface area (Å²) in [6, 6.07) is 6.87. The van der Waals surface area contributed by atoms with Gasteiger partial charge >= 0.3 is 0 Å². The van der Waals surface area contributed by atoms with Gasteiger partial charge in [-0.25, -0.2) is 0 Å². The Hall–Kier alpha value is -0.580. The summed E-state index contributed by atoms with van der Waals surface area (Å²) in [5.74, 6) is 0.930. The van der Waals surface area contributed by atoms with Crippen molar-refractivity contribution in [3.05, 3.63) is 28.2 Å². The number of rotatable bonds is 6. The molecule has 1 saturated heterocycles. The minimum Gasteiger partial charge on any atom is -0.497 e. The molecule has 1 aromatic carbocycles. The van der Waals surface area contributed by atoms with Gasteiger partial charge in [-0.3, -0.25) is 4.90 Å². The monoisotopic (exact) mass is 326 g/mol. The average molecular weight is 327 g/mol. The Morgan fingerprint density at radius 3 is 2.95 bits per heavy atom. The van der Waals surface area contributed by atoms with Crippen molar-refractivity contribution < 1.29 is 4.74 Å². The number of hydrogen-bond donors (Lipinski definition) is 1. The molecule has 0 radical (unpaired) electrons. The SMILES string of the molecule is CCCN(Cc1cc(OC)ccc1Br)C1CCNC1.